The second-order valence-electron chi connectivity index (χ2n) is 4.88. The highest BCUT2D eigenvalue weighted by Gasteiger charge is 2.37. The molecule has 1 atom stereocenters. The average Bonchev–Trinajstić information content (AvgIpc) is 2.53. The van der Waals surface area contributed by atoms with Crippen molar-refractivity contribution < 1.29 is 8.42 Å². The zero-order valence-corrected chi connectivity index (χ0v) is 12.7. The molecular weight excluding hydrogens is 349 g/mol. The van der Waals surface area contributed by atoms with E-state index < -0.39 is 9.84 Å². The summed E-state index contributed by atoms with van der Waals surface area (Å²) in [6, 6.07) is 8.26. The molecule has 1 N–H and O–H groups in total. The van der Waals surface area contributed by atoms with Gasteiger partial charge in [0.2, 0.25) is 0 Å². The molecule has 0 spiro atoms. The summed E-state index contributed by atoms with van der Waals surface area (Å²) in [6.07, 6.45) is 0.708. The maximum absolute atomic E-state index is 11.5. The normalized spacial score (nSPS) is 27.2. The van der Waals surface area contributed by atoms with Crippen molar-refractivity contribution in [2.45, 2.75) is 25.4 Å². The predicted molar refractivity (Wildman–Crippen MR) is 77.7 cm³/mol. The summed E-state index contributed by atoms with van der Waals surface area (Å²) in [4.78, 5) is 0. The number of halogens is 1. The fourth-order valence-electron chi connectivity index (χ4n) is 2.07. The summed E-state index contributed by atoms with van der Waals surface area (Å²) < 4.78 is 24.1. The van der Waals surface area contributed by atoms with E-state index in [2.05, 4.69) is 52.2 Å². The van der Waals surface area contributed by atoms with E-state index in [1.54, 1.807) is 0 Å². The molecule has 17 heavy (non-hydrogen) atoms. The minimum atomic E-state index is -2.83. The van der Waals surface area contributed by atoms with E-state index in [-0.39, 0.29) is 11.3 Å². The van der Waals surface area contributed by atoms with Gasteiger partial charge in [0.1, 0.15) is 0 Å². The molecule has 1 aromatic rings. The number of hydrogen-bond acceptors (Lipinski definition) is 3. The monoisotopic (exact) mass is 365 g/mol. The molecule has 0 radical (unpaired) electrons. The first-order chi connectivity index (χ1) is 7.89. The van der Waals surface area contributed by atoms with Crippen LogP contribution in [0.15, 0.2) is 24.3 Å². The molecule has 1 fully saturated rings. The van der Waals surface area contributed by atoms with Crippen LogP contribution in [0.2, 0.25) is 0 Å². The van der Waals surface area contributed by atoms with Crippen molar-refractivity contribution in [1.29, 1.82) is 0 Å². The molecule has 1 saturated heterocycles. The third kappa shape index (κ3) is 3.66. The van der Waals surface area contributed by atoms with E-state index in [0.717, 1.165) is 6.54 Å². The molecule has 1 aromatic carbocycles. The minimum Gasteiger partial charge on any atom is -0.306 e. The van der Waals surface area contributed by atoms with Gasteiger partial charge in [0.05, 0.1) is 11.5 Å². The Labute approximate surface area is 116 Å². The Morgan fingerprint density at radius 1 is 1.35 bits per heavy atom. The van der Waals surface area contributed by atoms with Gasteiger partial charge in [0.25, 0.3) is 0 Å². The molecule has 0 aromatic heterocycles. The van der Waals surface area contributed by atoms with Gasteiger partial charge in [-0.15, -0.1) is 0 Å². The smallest absolute Gasteiger partial charge is 0.152 e. The van der Waals surface area contributed by atoms with Crippen molar-refractivity contribution in [3.8, 4) is 0 Å². The summed E-state index contributed by atoms with van der Waals surface area (Å²) in [7, 11) is -2.83. The Morgan fingerprint density at radius 2 is 2.00 bits per heavy atom. The molecule has 1 unspecified atom stereocenters. The Bertz CT molecular complexity index is 498. The number of hydrogen-bond donors (Lipinski definition) is 1. The van der Waals surface area contributed by atoms with E-state index in [0.29, 0.717) is 12.2 Å². The lowest BCUT2D eigenvalue weighted by Crippen LogP contribution is -2.42. The van der Waals surface area contributed by atoms with Crippen LogP contribution in [-0.2, 0) is 16.4 Å². The van der Waals surface area contributed by atoms with Gasteiger partial charge in [-0.05, 0) is 53.6 Å². The van der Waals surface area contributed by atoms with Crippen molar-refractivity contribution in [1.82, 2.24) is 5.32 Å². The molecule has 1 aliphatic rings. The SMILES string of the molecule is CC1(NCc2ccc(I)cc2)CCS(=O)(=O)C1. The summed E-state index contributed by atoms with van der Waals surface area (Å²) in [5.41, 5.74) is 0.929. The molecule has 1 aliphatic heterocycles. The highest BCUT2D eigenvalue weighted by molar-refractivity contribution is 14.1. The Hall–Kier alpha value is -0.140. The lowest BCUT2D eigenvalue weighted by atomic mass is 10.0. The largest absolute Gasteiger partial charge is 0.306 e. The fraction of sp³-hybridized carbons (Fsp3) is 0.500. The lowest BCUT2D eigenvalue weighted by molar-refractivity contribution is 0.395. The molecule has 5 heteroatoms. The van der Waals surface area contributed by atoms with Gasteiger partial charge in [0, 0.05) is 15.7 Å². The number of sulfone groups is 1. The van der Waals surface area contributed by atoms with Crippen LogP contribution in [0.5, 0.6) is 0 Å². The Kier molecular flexibility index (Phi) is 3.80. The zero-order chi connectivity index (χ0) is 12.5. The minimum absolute atomic E-state index is 0.254. The highest BCUT2D eigenvalue weighted by Crippen LogP contribution is 2.23. The van der Waals surface area contributed by atoms with E-state index >= 15 is 0 Å². The maximum atomic E-state index is 11.5. The Balaban J connectivity index is 1.97. The van der Waals surface area contributed by atoms with Crippen molar-refractivity contribution >= 4 is 32.4 Å². The van der Waals surface area contributed by atoms with Gasteiger partial charge in [-0.1, -0.05) is 12.1 Å². The summed E-state index contributed by atoms with van der Waals surface area (Å²) >= 11 is 2.27. The second kappa shape index (κ2) is 4.85. The van der Waals surface area contributed by atoms with E-state index in [1.165, 1.54) is 9.13 Å². The maximum Gasteiger partial charge on any atom is 0.152 e. The van der Waals surface area contributed by atoms with Gasteiger partial charge in [-0.25, -0.2) is 8.42 Å². The van der Waals surface area contributed by atoms with Gasteiger partial charge in [0.15, 0.2) is 9.84 Å². The number of nitrogens with one attached hydrogen (secondary N) is 1. The molecule has 1 heterocycles. The molecule has 0 bridgehead atoms. The third-order valence-electron chi connectivity index (χ3n) is 3.14. The van der Waals surface area contributed by atoms with Crippen LogP contribution in [0.4, 0.5) is 0 Å². The molecular formula is C12H16INO2S. The molecule has 2 rings (SSSR count). The van der Waals surface area contributed by atoms with Crippen molar-refractivity contribution in [2.75, 3.05) is 11.5 Å². The number of benzene rings is 1. The first-order valence-electron chi connectivity index (χ1n) is 5.59. The molecule has 94 valence electrons. The molecule has 3 nitrogen and oxygen atoms in total. The van der Waals surface area contributed by atoms with Crippen LogP contribution in [0.3, 0.4) is 0 Å². The molecule has 0 aliphatic carbocycles. The quantitative estimate of drug-likeness (QED) is 0.834. The standard InChI is InChI=1S/C12H16INO2S/c1-12(6-7-17(15,16)9-12)14-8-10-2-4-11(13)5-3-10/h2-5,14H,6-9H2,1H3. The van der Waals surface area contributed by atoms with E-state index in [9.17, 15) is 8.42 Å². The fourth-order valence-corrected chi connectivity index (χ4v) is 4.55. The summed E-state index contributed by atoms with van der Waals surface area (Å²) in [5, 5.41) is 3.37. The van der Waals surface area contributed by atoms with Gasteiger partial charge < -0.3 is 5.32 Å². The average molecular weight is 365 g/mol. The van der Waals surface area contributed by atoms with E-state index in [1.807, 2.05) is 6.92 Å². The molecule has 0 amide bonds. The van der Waals surface area contributed by atoms with E-state index in [4.69, 9.17) is 0 Å². The topological polar surface area (TPSA) is 46.2 Å². The van der Waals surface area contributed by atoms with Crippen LogP contribution in [0.1, 0.15) is 18.9 Å². The van der Waals surface area contributed by atoms with Crippen LogP contribution < -0.4 is 5.32 Å². The van der Waals surface area contributed by atoms with Crippen molar-refractivity contribution in [2.24, 2.45) is 0 Å². The van der Waals surface area contributed by atoms with Crippen LogP contribution in [-0.4, -0.2) is 25.5 Å². The van der Waals surface area contributed by atoms with Gasteiger partial charge in [-0.2, -0.15) is 0 Å². The van der Waals surface area contributed by atoms with Crippen LogP contribution in [0.25, 0.3) is 0 Å². The molecule has 0 saturated carbocycles. The highest BCUT2D eigenvalue weighted by atomic mass is 127. The van der Waals surface area contributed by atoms with Gasteiger partial charge in [-0.3, -0.25) is 0 Å². The van der Waals surface area contributed by atoms with Crippen molar-refractivity contribution in [3.63, 3.8) is 0 Å². The first kappa shape index (κ1) is 13.3. The number of rotatable bonds is 3. The van der Waals surface area contributed by atoms with Gasteiger partial charge >= 0.3 is 0 Å². The third-order valence-corrected chi connectivity index (χ3v) is 5.76. The predicted octanol–water partition coefficient (Wildman–Crippen LogP) is 1.96. The lowest BCUT2D eigenvalue weighted by Gasteiger charge is -2.24. The van der Waals surface area contributed by atoms with Crippen LogP contribution in [0, 0.1) is 3.57 Å². The zero-order valence-electron chi connectivity index (χ0n) is 9.74. The summed E-state index contributed by atoms with van der Waals surface area (Å²) in [5.74, 6) is 0.563. The van der Waals surface area contributed by atoms with Crippen LogP contribution >= 0.6 is 22.6 Å². The second-order valence-corrected chi connectivity index (χ2v) is 8.31. The summed E-state index contributed by atoms with van der Waals surface area (Å²) in [6.45, 7) is 2.72. The Morgan fingerprint density at radius 3 is 2.53 bits per heavy atom. The van der Waals surface area contributed by atoms with Crippen molar-refractivity contribution in [3.05, 3.63) is 33.4 Å². The first-order valence-corrected chi connectivity index (χ1v) is 8.49.